The standard InChI is InChI=1S/C15H17BrN4S/c1-5-11-12-14(19(4)18-11)20(15(21)17-12)13-8(2)6-10(16)7-9(13)3/h6-7H,5H2,1-4H3,(H,17,21). The van der Waals surface area contributed by atoms with Gasteiger partial charge < -0.3 is 4.98 Å². The Morgan fingerprint density at radius 2 is 1.90 bits per heavy atom. The van der Waals surface area contributed by atoms with Crippen LogP contribution in [0.5, 0.6) is 0 Å². The normalized spacial score (nSPS) is 11.5. The third-order valence-electron chi connectivity index (χ3n) is 3.75. The first kappa shape index (κ1) is 14.5. The zero-order valence-electron chi connectivity index (χ0n) is 12.5. The Bertz CT molecular complexity index is 877. The van der Waals surface area contributed by atoms with E-state index in [1.165, 1.54) is 11.1 Å². The molecule has 0 aliphatic rings. The quantitative estimate of drug-likeness (QED) is 0.685. The number of aromatic amines is 1. The van der Waals surface area contributed by atoms with Crippen LogP contribution in [-0.2, 0) is 13.5 Å². The Kier molecular flexibility index (Phi) is 3.53. The summed E-state index contributed by atoms with van der Waals surface area (Å²) in [4.78, 5) is 3.32. The van der Waals surface area contributed by atoms with E-state index in [1.807, 2.05) is 11.7 Å². The molecular formula is C15H17BrN4S. The van der Waals surface area contributed by atoms with Crippen LogP contribution in [0.3, 0.4) is 0 Å². The smallest absolute Gasteiger partial charge is 0.184 e. The van der Waals surface area contributed by atoms with Gasteiger partial charge in [0.05, 0.1) is 11.4 Å². The van der Waals surface area contributed by atoms with E-state index in [2.05, 4.69) is 63.5 Å². The van der Waals surface area contributed by atoms with Crippen molar-refractivity contribution in [3.8, 4) is 5.69 Å². The summed E-state index contributed by atoms with van der Waals surface area (Å²) in [5, 5.41) is 4.58. The van der Waals surface area contributed by atoms with Crippen LogP contribution < -0.4 is 0 Å². The van der Waals surface area contributed by atoms with Crippen molar-refractivity contribution in [3.05, 3.63) is 38.2 Å². The minimum Gasteiger partial charge on any atom is -0.327 e. The van der Waals surface area contributed by atoms with Crippen molar-refractivity contribution >= 4 is 39.3 Å². The van der Waals surface area contributed by atoms with Gasteiger partial charge in [0.1, 0.15) is 5.52 Å². The maximum Gasteiger partial charge on any atom is 0.184 e. The van der Waals surface area contributed by atoms with Gasteiger partial charge in [-0.1, -0.05) is 22.9 Å². The maximum atomic E-state index is 5.56. The molecular weight excluding hydrogens is 348 g/mol. The summed E-state index contributed by atoms with van der Waals surface area (Å²) >= 11 is 9.11. The zero-order valence-corrected chi connectivity index (χ0v) is 14.9. The molecule has 0 saturated heterocycles. The first-order valence-electron chi connectivity index (χ1n) is 6.87. The number of H-pyrrole nitrogens is 1. The molecule has 2 aromatic heterocycles. The number of aryl methyl sites for hydroxylation is 4. The summed E-state index contributed by atoms with van der Waals surface area (Å²) in [6.45, 7) is 6.31. The Labute approximate surface area is 136 Å². The Morgan fingerprint density at radius 3 is 2.48 bits per heavy atom. The molecule has 0 saturated carbocycles. The van der Waals surface area contributed by atoms with Crippen LogP contribution in [0, 0.1) is 18.6 Å². The summed E-state index contributed by atoms with van der Waals surface area (Å²) in [6, 6.07) is 4.22. The van der Waals surface area contributed by atoms with E-state index in [0.29, 0.717) is 4.77 Å². The molecule has 1 N–H and O–H groups in total. The topological polar surface area (TPSA) is 38.5 Å². The van der Waals surface area contributed by atoms with Gasteiger partial charge in [-0.05, 0) is 55.7 Å². The highest BCUT2D eigenvalue weighted by atomic mass is 79.9. The van der Waals surface area contributed by atoms with Crippen molar-refractivity contribution < 1.29 is 0 Å². The van der Waals surface area contributed by atoms with Crippen molar-refractivity contribution in [2.45, 2.75) is 27.2 Å². The highest BCUT2D eigenvalue weighted by Crippen LogP contribution is 2.28. The van der Waals surface area contributed by atoms with E-state index in [1.54, 1.807) is 0 Å². The van der Waals surface area contributed by atoms with Gasteiger partial charge in [0.25, 0.3) is 0 Å². The van der Waals surface area contributed by atoms with Gasteiger partial charge in [-0.15, -0.1) is 0 Å². The molecule has 0 aliphatic heterocycles. The monoisotopic (exact) mass is 364 g/mol. The van der Waals surface area contributed by atoms with Gasteiger partial charge in [-0.25, -0.2) is 4.68 Å². The van der Waals surface area contributed by atoms with Crippen molar-refractivity contribution in [3.63, 3.8) is 0 Å². The predicted molar refractivity (Wildman–Crippen MR) is 91.8 cm³/mol. The number of imidazole rings is 1. The van der Waals surface area contributed by atoms with Gasteiger partial charge in [-0.2, -0.15) is 5.10 Å². The Morgan fingerprint density at radius 1 is 1.29 bits per heavy atom. The van der Waals surface area contributed by atoms with Crippen molar-refractivity contribution in [2.24, 2.45) is 7.05 Å². The van der Waals surface area contributed by atoms with Crippen LogP contribution in [0.25, 0.3) is 16.9 Å². The molecule has 3 aromatic rings. The molecule has 3 rings (SSSR count). The minimum absolute atomic E-state index is 0.709. The lowest BCUT2D eigenvalue weighted by Gasteiger charge is -2.12. The lowest BCUT2D eigenvalue weighted by atomic mass is 10.1. The van der Waals surface area contributed by atoms with E-state index in [-0.39, 0.29) is 0 Å². The van der Waals surface area contributed by atoms with Gasteiger partial charge in [0, 0.05) is 11.5 Å². The molecule has 0 amide bonds. The molecule has 1 aromatic carbocycles. The maximum absolute atomic E-state index is 5.56. The molecule has 0 fully saturated rings. The first-order valence-corrected chi connectivity index (χ1v) is 8.07. The highest BCUT2D eigenvalue weighted by Gasteiger charge is 2.18. The second-order valence-electron chi connectivity index (χ2n) is 5.28. The van der Waals surface area contributed by atoms with Crippen LogP contribution in [0.2, 0.25) is 0 Å². The minimum atomic E-state index is 0.709. The SMILES string of the molecule is CCc1nn(C)c2c1[nH]c(=S)n2-c1c(C)cc(Br)cc1C. The van der Waals surface area contributed by atoms with E-state index in [4.69, 9.17) is 12.2 Å². The van der Waals surface area contributed by atoms with E-state index >= 15 is 0 Å². The summed E-state index contributed by atoms with van der Waals surface area (Å²) in [6.07, 6.45) is 0.880. The highest BCUT2D eigenvalue weighted by molar-refractivity contribution is 9.10. The summed E-state index contributed by atoms with van der Waals surface area (Å²) < 4.78 is 5.79. The second-order valence-corrected chi connectivity index (χ2v) is 6.58. The number of nitrogens with one attached hydrogen (secondary N) is 1. The molecule has 0 radical (unpaired) electrons. The molecule has 4 nitrogen and oxygen atoms in total. The number of aromatic nitrogens is 4. The van der Waals surface area contributed by atoms with Crippen LogP contribution >= 0.6 is 28.1 Å². The fourth-order valence-corrected chi connectivity index (χ4v) is 3.89. The molecule has 0 spiro atoms. The Hall–Kier alpha value is -1.40. The third-order valence-corrected chi connectivity index (χ3v) is 4.49. The number of nitrogens with zero attached hydrogens (tertiary/aromatic N) is 3. The Balaban J connectivity index is 2.44. The number of rotatable bonds is 2. The first-order chi connectivity index (χ1) is 9.93. The molecule has 110 valence electrons. The average molecular weight is 365 g/mol. The molecule has 0 bridgehead atoms. The van der Waals surface area contributed by atoms with Crippen LogP contribution in [0.15, 0.2) is 16.6 Å². The lowest BCUT2D eigenvalue weighted by Crippen LogP contribution is -2.04. The predicted octanol–water partition coefficient (Wildman–Crippen LogP) is 4.36. The van der Waals surface area contributed by atoms with Gasteiger partial charge in [-0.3, -0.25) is 4.57 Å². The third kappa shape index (κ3) is 2.17. The van der Waals surface area contributed by atoms with Crippen LogP contribution in [-0.4, -0.2) is 19.3 Å². The average Bonchev–Trinajstić information content (AvgIpc) is 2.87. The van der Waals surface area contributed by atoms with Crippen molar-refractivity contribution in [1.82, 2.24) is 19.3 Å². The largest absolute Gasteiger partial charge is 0.327 e. The molecule has 6 heteroatoms. The number of hydrogen-bond donors (Lipinski definition) is 1. The molecule has 0 unspecified atom stereocenters. The zero-order chi connectivity index (χ0) is 15.3. The number of fused-ring (bicyclic) bond motifs is 1. The van der Waals surface area contributed by atoms with Crippen LogP contribution in [0.4, 0.5) is 0 Å². The van der Waals surface area contributed by atoms with Crippen molar-refractivity contribution in [1.29, 1.82) is 0 Å². The van der Waals surface area contributed by atoms with Crippen LogP contribution in [0.1, 0.15) is 23.7 Å². The molecule has 0 aliphatic carbocycles. The summed E-state index contributed by atoms with van der Waals surface area (Å²) in [5.74, 6) is 0. The molecule has 2 heterocycles. The van der Waals surface area contributed by atoms with E-state index in [9.17, 15) is 0 Å². The number of benzene rings is 1. The second kappa shape index (κ2) is 5.10. The van der Waals surface area contributed by atoms with Gasteiger partial charge >= 0.3 is 0 Å². The number of hydrogen-bond acceptors (Lipinski definition) is 2. The summed E-state index contributed by atoms with van der Waals surface area (Å²) in [7, 11) is 1.96. The van der Waals surface area contributed by atoms with Gasteiger partial charge in [0.2, 0.25) is 0 Å². The van der Waals surface area contributed by atoms with Crippen molar-refractivity contribution in [2.75, 3.05) is 0 Å². The van der Waals surface area contributed by atoms with E-state index < -0.39 is 0 Å². The number of halogens is 1. The van der Waals surface area contributed by atoms with Gasteiger partial charge in [0.15, 0.2) is 10.4 Å². The summed E-state index contributed by atoms with van der Waals surface area (Å²) in [5.41, 5.74) is 6.58. The molecule has 21 heavy (non-hydrogen) atoms. The lowest BCUT2D eigenvalue weighted by molar-refractivity contribution is 0.747. The van der Waals surface area contributed by atoms with E-state index in [0.717, 1.165) is 33.4 Å². The fourth-order valence-electron chi connectivity index (χ4n) is 2.92. The fraction of sp³-hybridized carbons (Fsp3) is 0.333. The molecule has 0 atom stereocenters.